The molecule has 2 aromatic rings. The van der Waals surface area contributed by atoms with Crippen molar-refractivity contribution in [1.82, 2.24) is 9.88 Å². The van der Waals surface area contributed by atoms with Crippen LogP contribution in [0.2, 0.25) is 0 Å². The average Bonchev–Trinajstić information content (AvgIpc) is 2.79. The number of pyridine rings is 1. The molecule has 1 aromatic carbocycles. The van der Waals surface area contributed by atoms with Crippen LogP contribution in [0.5, 0.6) is 0 Å². The van der Waals surface area contributed by atoms with E-state index in [2.05, 4.69) is 20.9 Å². The summed E-state index contributed by atoms with van der Waals surface area (Å²) in [6.07, 6.45) is 5.17. The summed E-state index contributed by atoms with van der Waals surface area (Å²) in [5.41, 5.74) is 2.48. The molecule has 2 fully saturated rings. The number of morpholine rings is 1. The van der Waals surface area contributed by atoms with Crippen LogP contribution < -0.4 is 4.90 Å². The highest BCUT2D eigenvalue weighted by Crippen LogP contribution is 2.31. The molecule has 2 aliphatic heterocycles. The molecule has 0 spiro atoms. The number of ether oxygens (including phenoxy) is 1. The number of rotatable bonds is 6. The number of aromatic nitrogens is 1. The molecule has 3 heterocycles. The van der Waals surface area contributed by atoms with Gasteiger partial charge in [0.05, 0.1) is 24.3 Å². The molecular formula is C23H28N4O2. The first-order valence-electron chi connectivity index (χ1n) is 10.6. The van der Waals surface area contributed by atoms with E-state index in [1.54, 1.807) is 6.20 Å². The minimum Gasteiger partial charge on any atom is -0.379 e. The Bertz CT molecular complexity index is 893. The van der Waals surface area contributed by atoms with Gasteiger partial charge in [-0.05, 0) is 50.1 Å². The normalized spacial score (nSPS) is 18.7. The van der Waals surface area contributed by atoms with Crippen LogP contribution in [0.1, 0.15) is 31.2 Å². The van der Waals surface area contributed by atoms with E-state index in [-0.39, 0.29) is 5.92 Å². The lowest BCUT2D eigenvalue weighted by Crippen LogP contribution is -2.38. The van der Waals surface area contributed by atoms with Gasteiger partial charge in [-0.3, -0.25) is 14.7 Å². The number of carbonyl (C=O) groups is 1. The summed E-state index contributed by atoms with van der Waals surface area (Å²) >= 11 is 0. The van der Waals surface area contributed by atoms with Crippen molar-refractivity contribution in [1.29, 1.82) is 5.26 Å². The van der Waals surface area contributed by atoms with Gasteiger partial charge in [-0.2, -0.15) is 5.26 Å². The molecule has 0 atom stereocenters. The molecule has 29 heavy (non-hydrogen) atoms. The Kier molecular flexibility index (Phi) is 6.38. The quantitative estimate of drug-likeness (QED) is 0.753. The monoisotopic (exact) mass is 392 g/mol. The van der Waals surface area contributed by atoms with Gasteiger partial charge in [-0.15, -0.1) is 0 Å². The van der Waals surface area contributed by atoms with E-state index in [9.17, 15) is 10.1 Å². The van der Waals surface area contributed by atoms with E-state index in [4.69, 9.17) is 4.74 Å². The molecule has 0 saturated carbocycles. The lowest BCUT2D eigenvalue weighted by Gasteiger charge is -2.34. The summed E-state index contributed by atoms with van der Waals surface area (Å²) in [4.78, 5) is 21.8. The molecule has 2 saturated heterocycles. The summed E-state index contributed by atoms with van der Waals surface area (Å²) in [7, 11) is 0. The number of benzene rings is 1. The van der Waals surface area contributed by atoms with Gasteiger partial charge < -0.3 is 9.64 Å². The maximum absolute atomic E-state index is 12.7. The van der Waals surface area contributed by atoms with Crippen LogP contribution in [0.4, 0.5) is 5.69 Å². The van der Waals surface area contributed by atoms with Crippen molar-refractivity contribution in [2.24, 2.45) is 5.92 Å². The van der Waals surface area contributed by atoms with Crippen LogP contribution >= 0.6 is 0 Å². The SMILES string of the molecule is N#Cc1ccc(N2CCC(C(=O)CCCN3CCOCC3)CC2)c2cccnc12. The molecule has 4 rings (SSSR count). The highest BCUT2D eigenvalue weighted by molar-refractivity contribution is 5.95. The number of piperidine rings is 1. The lowest BCUT2D eigenvalue weighted by molar-refractivity contribution is -0.123. The van der Waals surface area contributed by atoms with E-state index < -0.39 is 0 Å². The Hall–Kier alpha value is -2.49. The van der Waals surface area contributed by atoms with Crippen LogP contribution in [0, 0.1) is 17.2 Å². The summed E-state index contributed by atoms with van der Waals surface area (Å²) in [6.45, 7) is 6.33. The van der Waals surface area contributed by atoms with Crippen molar-refractivity contribution in [2.75, 3.05) is 50.8 Å². The number of hydrogen-bond donors (Lipinski definition) is 0. The van der Waals surface area contributed by atoms with E-state index in [0.717, 1.165) is 81.8 Å². The zero-order valence-corrected chi connectivity index (χ0v) is 16.8. The Morgan fingerprint density at radius 2 is 1.97 bits per heavy atom. The first kappa shape index (κ1) is 19.8. The van der Waals surface area contributed by atoms with Gasteiger partial charge in [0.1, 0.15) is 11.9 Å². The van der Waals surface area contributed by atoms with Crippen LogP contribution in [-0.2, 0) is 9.53 Å². The maximum atomic E-state index is 12.7. The zero-order valence-electron chi connectivity index (χ0n) is 16.8. The summed E-state index contributed by atoms with van der Waals surface area (Å²) in [5.74, 6) is 0.600. The van der Waals surface area contributed by atoms with Gasteiger partial charge in [0.2, 0.25) is 0 Å². The van der Waals surface area contributed by atoms with E-state index >= 15 is 0 Å². The molecule has 152 valence electrons. The second kappa shape index (κ2) is 9.34. The molecule has 0 unspecified atom stereocenters. The highest BCUT2D eigenvalue weighted by atomic mass is 16.5. The third-order valence-electron chi connectivity index (χ3n) is 6.16. The number of fused-ring (bicyclic) bond motifs is 1. The zero-order chi connectivity index (χ0) is 20.1. The topological polar surface area (TPSA) is 69.5 Å². The molecule has 0 N–H and O–H groups in total. The first-order chi connectivity index (χ1) is 14.3. The van der Waals surface area contributed by atoms with Gasteiger partial charge in [-0.25, -0.2) is 0 Å². The molecule has 6 nitrogen and oxygen atoms in total. The van der Waals surface area contributed by atoms with E-state index in [1.807, 2.05) is 24.3 Å². The molecule has 1 aromatic heterocycles. The molecule has 0 amide bonds. The van der Waals surface area contributed by atoms with Gasteiger partial charge in [0.25, 0.3) is 0 Å². The Morgan fingerprint density at radius 3 is 2.72 bits per heavy atom. The van der Waals surface area contributed by atoms with Crippen molar-refractivity contribution in [3.63, 3.8) is 0 Å². The van der Waals surface area contributed by atoms with E-state index in [0.29, 0.717) is 17.8 Å². The second-order valence-electron chi connectivity index (χ2n) is 7.93. The number of nitriles is 1. The Morgan fingerprint density at radius 1 is 1.17 bits per heavy atom. The Balaban J connectivity index is 1.32. The first-order valence-corrected chi connectivity index (χ1v) is 10.6. The van der Waals surface area contributed by atoms with Crippen molar-refractivity contribution >= 4 is 22.4 Å². The summed E-state index contributed by atoms with van der Waals surface area (Å²) < 4.78 is 5.38. The van der Waals surface area contributed by atoms with Gasteiger partial charge in [0.15, 0.2) is 0 Å². The number of nitrogens with zero attached hydrogens (tertiary/aromatic N) is 4. The predicted molar refractivity (Wildman–Crippen MR) is 113 cm³/mol. The van der Waals surface area contributed by atoms with Crippen LogP contribution in [0.15, 0.2) is 30.5 Å². The van der Waals surface area contributed by atoms with Crippen LogP contribution in [-0.4, -0.2) is 61.6 Å². The largest absolute Gasteiger partial charge is 0.379 e. The number of carbonyl (C=O) groups excluding carboxylic acids is 1. The minimum atomic E-state index is 0.179. The standard InChI is InChI=1S/C23H28N4O2/c24-17-19-5-6-21(20-3-1-9-25-23(19)20)27-11-7-18(8-12-27)22(28)4-2-10-26-13-15-29-16-14-26/h1,3,5-6,9,18H,2,4,7-8,10-16H2. The molecule has 0 bridgehead atoms. The number of anilines is 1. The van der Waals surface area contributed by atoms with Crippen molar-refractivity contribution in [3.8, 4) is 6.07 Å². The van der Waals surface area contributed by atoms with Crippen molar-refractivity contribution < 1.29 is 9.53 Å². The maximum Gasteiger partial charge on any atom is 0.136 e. The minimum absolute atomic E-state index is 0.179. The smallest absolute Gasteiger partial charge is 0.136 e. The Labute approximate surface area is 172 Å². The number of Topliss-reactive ketones (excluding diaryl/α,β-unsaturated/α-hetero) is 1. The second-order valence-corrected chi connectivity index (χ2v) is 7.93. The van der Waals surface area contributed by atoms with Gasteiger partial charge >= 0.3 is 0 Å². The fraction of sp³-hybridized carbons (Fsp3) is 0.522. The molecule has 0 aliphatic carbocycles. The third-order valence-corrected chi connectivity index (χ3v) is 6.16. The summed E-state index contributed by atoms with van der Waals surface area (Å²) in [5, 5.41) is 10.4. The van der Waals surface area contributed by atoms with E-state index in [1.165, 1.54) is 0 Å². The van der Waals surface area contributed by atoms with Gasteiger partial charge in [-0.1, -0.05) is 0 Å². The average molecular weight is 393 g/mol. The molecule has 0 radical (unpaired) electrons. The number of ketones is 1. The predicted octanol–water partition coefficient (Wildman–Crippen LogP) is 3.00. The van der Waals surface area contributed by atoms with Crippen molar-refractivity contribution in [3.05, 3.63) is 36.0 Å². The molecule has 2 aliphatic rings. The molecule has 6 heteroatoms. The lowest BCUT2D eigenvalue weighted by atomic mass is 9.89. The fourth-order valence-electron chi connectivity index (χ4n) is 4.47. The van der Waals surface area contributed by atoms with Crippen LogP contribution in [0.3, 0.4) is 0 Å². The highest BCUT2D eigenvalue weighted by Gasteiger charge is 2.26. The van der Waals surface area contributed by atoms with Crippen molar-refractivity contribution in [2.45, 2.75) is 25.7 Å². The summed E-state index contributed by atoms with van der Waals surface area (Å²) in [6, 6.07) is 10.0. The fourth-order valence-corrected chi connectivity index (χ4v) is 4.47. The van der Waals surface area contributed by atoms with Crippen LogP contribution in [0.25, 0.3) is 10.9 Å². The van der Waals surface area contributed by atoms with Gasteiger partial charge in [0, 0.05) is 55.8 Å². The molecular weight excluding hydrogens is 364 g/mol. The number of hydrogen-bond acceptors (Lipinski definition) is 6. The third kappa shape index (κ3) is 4.58.